The SMILES string of the molecule is COc1cccc2nc(-c3ccccc3)c(-c3ccc(C(=O)O)cc3)c(=O)n12. The second-order valence-electron chi connectivity index (χ2n) is 6.15. The lowest BCUT2D eigenvalue weighted by molar-refractivity contribution is 0.0697. The van der Waals surface area contributed by atoms with Gasteiger partial charge in [-0.1, -0.05) is 48.5 Å². The molecule has 0 saturated carbocycles. The molecule has 2 aromatic heterocycles. The van der Waals surface area contributed by atoms with Crippen molar-refractivity contribution in [1.29, 1.82) is 0 Å². The summed E-state index contributed by atoms with van der Waals surface area (Å²) in [6.45, 7) is 0. The van der Waals surface area contributed by atoms with Gasteiger partial charge in [-0.05, 0) is 29.8 Å². The Morgan fingerprint density at radius 3 is 2.29 bits per heavy atom. The first-order valence-electron chi connectivity index (χ1n) is 8.59. The number of methoxy groups -OCH3 is 1. The van der Waals surface area contributed by atoms with Crippen LogP contribution < -0.4 is 10.3 Å². The van der Waals surface area contributed by atoms with Gasteiger partial charge in [0.15, 0.2) is 0 Å². The number of carbonyl (C=O) groups is 1. The number of fused-ring (bicyclic) bond motifs is 1. The fraction of sp³-hybridized carbons (Fsp3) is 0.0455. The zero-order valence-electron chi connectivity index (χ0n) is 15.0. The molecule has 2 heterocycles. The van der Waals surface area contributed by atoms with E-state index in [1.807, 2.05) is 30.3 Å². The van der Waals surface area contributed by atoms with Gasteiger partial charge in [-0.15, -0.1) is 0 Å². The third-order valence-electron chi connectivity index (χ3n) is 4.49. The highest BCUT2D eigenvalue weighted by Gasteiger charge is 2.18. The van der Waals surface area contributed by atoms with E-state index in [1.54, 1.807) is 30.3 Å². The Hall–Kier alpha value is -3.93. The van der Waals surface area contributed by atoms with Crippen molar-refractivity contribution in [2.24, 2.45) is 0 Å². The van der Waals surface area contributed by atoms with Crippen LogP contribution in [0.3, 0.4) is 0 Å². The average Bonchev–Trinajstić information content (AvgIpc) is 2.73. The van der Waals surface area contributed by atoms with E-state index in [9.17, 15) is 9.59 Å². The van der Waals surface area contributed by atoms with Crippen LogP contribution in [0.4, 0.5) is 0 Å². The number of carboxylic acid groups (broad SMARTS) is 1. The monoisotopic (exact) mass is 372 g/mol. The van der Waals surface area contributed by atoms with Crippen LogP contribution in [0.1, 0.15) is 10.4 Å². The summed E-state index contributed by atoms with van der Waals surface area (Å²) in [5.41, 5.74) is 2.62. The largest absolute Gasteiger partial charge is 0.482 e. The van der Waals surface area contributed by atoms with Crippen molar-refractivity contribution in [2.45, 2.75) is 0 Å². The van der Waals surface area contributed by atoms with Crippen LogP contribution >= 0.6 is 0 Å². The predicted molar refractivity (Wildman–Crippen MR) is 106 cm³/mol. The van der Waals surface area contributed by atoms with Crippen LogP contribution in [0, 0.1) is 0 Å². The predicted octanol–water partition coefficient (Wildman–Crippen LogP) is 3.74. The number of nitrogens with zero attached hydrogens (tertiary/aromatic N) is 2. The van der Waals surface area contributed by atoms with E-state index in [0.29, 0.717) is 28.3 Å². The number of hydrogen-bond acceptors (Lipinski definition) is 4. The number of aromatic carboxylic acids is 1. The molecule has 138 valence electrons. The second kappa shape index (κ2) is 7.00. The van der Waals surface area contributed by atoms with Gasteiger partial charge in [0.25, 0.3) is 5.56 Å². The zero-order valence-corrected chi connectivity index (χ0v) is 15.0. The average molecular weight is 372 g/mol. The molecular weight excluding hydrogens is 356 g/mol. The molecule has 0 fully saturated rings. The molecule has 28 heavy (non-hydrogen) atoms. The first-order valence-corrected chi connectivity index (χ1v) is 8.59. The molecule has 0 aliphatic carbocycles. The quantitative estimate of drug-likeness (QED) is 0.590. The van der Waals surface area contributed by atoms with Crippen LogP contribution in [-0.2, 0) is 0 Å². The minimum absolute atomic E-state index is 0.149. The summed E-state index contributed by atoms with van der Waals surface area (Å²) in [4.78, 5) is 29.3. The van der Waals surface area contributed by atoms with Gasteiger partial charge in [-0.2, -0.15) is 0 Å². The second-order valence-corrected chi connectivity index (χ2v) is 6.15. The topological polar surface area (TPSA) is 80.9 Å². The first kappa shape index (κ1) is 17.5. The fourth-order valence-electron chi connectivity index (χ4n) is 3.16. The van der Waals surface area contributed by atoms with E-state index in [4.69, 9.17) is 14.8 Å². The van der Waals surface area contributed by atoms with Crippen molar-refractivity contribution in [3.8, 4) is 28.3 Å². The Labute approximate surface area is 160 Å². The van der Waals surface area contributed by atoms with Gasteiger partial charge in [0, 0.05) is 5.56 Å². The summed E-state index contributed by atoms with van der Waals surface area (Å²) < 4.78 is 6.75. The van der Waals surface area contributed by atoms with E-state index < -0.39 is 5.97 Å². The third kappa shape index (κ3) is 2.91. The summed E-state index contributed by atoms with van der Waals surface area (Å²) in [7, 11) is 1.49. The van der Waals surface area contributed by atoms with Gasteiger partial charge in [0.1, 0.15) is 5.65 Å². The summed E-state index contributed by atoms with van der Waals surface area (Å²) in [5.74, 6) is -0.650. The molecule has 0 bridgehead atoms. The lowest BCUT2D eigenvalue weighted by Crippen LogP contribution is -2.20. The fourth-order valence-corrected chi connectivity index (χ4v) is 3.16. The minimum Gasteiger partial charge on any atom is -0.482 e. The van der Waals surface area contributed by atoms with E-state index in [-0.39, 0.29) is 11.1 Å². The maximum absolute atomic E-state index is 13.4. The molecular formula is C22H16N2O4. The number of pyridine rings is 1. The highest BCUT2D eigenvalue weighted by atomic mass is 16.5. The smallest absolute Gasteiger partial charge is 0.335 e. The van der Waals surface area contributed by atoms with Crippen LogP contribution in [-0.4, -0.2) is 27.6 Å². The van der Waals surface area contributed by atoms with E-state index >= 15 is 0 Å². The van der Waals surface area contributed by atoms with Crippen molar-refractivity contribution in [3.63, 3.8) is 0 Å². The normalized spacial score (nSPS) is 10.8. The van der Waals surface area contributed by atoms with E-state index in [0.717, 1.165) is 5.56 Å². The molecule has 2 aromatic carbocycles. The highest BCUT2D eigenvalue weighted by Crippen LogP contribution is 2.29. The molecule has 1 N–H and O–H groups in total. The molecule has 0 saturated heterocycles. The number of aromatic nitrogens is 2. The Kier molecular flexibility index (Phi) is 4.37. The summed E-state index contributed by atoms with van der Waals surface area (Å²) in [5, 5.41) is 9.15. The number of ether oxygens (including phenoxy) is 1. The summed E-state index contributed by atoms with van der Waals surface area (Å²) in [6.07, 6.45) is 0. The van der Waals surface area contributed by atoms with Crippen LogP contribution in [0.25, 0.3) is 28.0 Å². The van der Waals surface area contributed by atoms with Crippen LogP contribution in [0.2, 0.25) is 0 Å². The maximum atomic E-state index is 13.4. The Morgan fingerprint density at radius 1 is 0.929 bits per heavy atom. The van der Waals surface area contributed by atoms with Gasteiger partial charge in [0.05, 0.1) is 23.9 Å². The molecule has 0 radical (unpaired) electrons. The van der Waals surface area contributed by atoms with Crippen molar-refractivity contribution < 1.29 is 14.6 Å². The molecule has 0 atom stereocenters. The molecule has 4 aromatic rings. The van der Waals surface area contributed by atoms with Crippen molar-refractivity contribution in [1.82, 2.24) is 9.38 Å². The molecule has 0 amide bonds. The van der Waals surface area contributed by atoms with Gasteiger partial charge in [-0.3, -0.25) is 4.79 Å². The molecule has 0 aliphatic heterocycles. The Morgan fingerprint density at radius 2 is 1.64 bits per heavy atom. The van der Waals surface area contributed by atoms with Crippen molar-refractivity contribution in [3.05, 3.63) is 88.7 Å². The van der Waals surface area contributed by atoms with Crippen LogP contribution in [0.15, 0.2) is 77.6 Å². The van der Waals surface area contributed by atoms with Crippen LogP contribution in [0.5, 0.6) is 5.88 Å². The van der Waals surface area contributed by atoms with Gasteiger partial charge >= 0.3 is 5.97 Å². The molecule has 6 nitrogen and oxygen atoms in total. The number of carboxylic acids is 1. The summed E-state index contributed by atoms with van der Waals surface area (Å²) >= 11 is 0. The van der Waals surface area contributed by atoms with Crippen molar-refractivity contribution >= 4 is 11.6 Å². The Bertz CT molecular complexity index is 1230. The molecule has 4 rings (SSSR count). The van der Waals surface area contributed by atoms with Gasteiger partial charge in [-0.25, -0.2) is 14.2 Å². The molecule has 0 unspecified atom stereocenters. The lowest BCUT2D eigenvalue weighted by atomic mass is 9.99. The zero-order chi connectivity index (χ0) is 19.7. The molecule has 0 aliphatic rings. The van der Waals surface area contributed by atoms with E-state index in [1.165, 1.54) is 23.6 Å². The standard InChI is InChI=1S/C22H16N2O4/c1-28-18-9-5-8-17-23-20(15-6-3-2-4-7-15)19(21(25)24(17)18)14-10-12-16(13-11-14)22(26)27/h2-13H,1H3,(H,26,27). The number of hydrogen-bond donors (Lipinski definition) is 1. The molecule has 6 heteroatoms. The third-order valence-corrected chi connectivity index (χ3v) is 4.49. The number of benzene rings is 2. The van der Waals surface area contributed by atoms with E-state index in [2.05, 4.69) is 0 Å². The minimum atomic E-state index is -1.02. The maximum Gasteiger partial charge on any atom is 0.335 e. The van der Waals surface area contributed by atoms with Crippen molar-refractivity contribution in [2.75, 3.05) is 7.11 Å². The molecule has 0 spiro atoms. The van der Waals surface area contributed by atoms with Gasteiger partial charge in [0.2, 0.25) is 5.88 Å². The first-order chi connectivity index (χ1) is 13.6. The van der Waals surface area contributed by atoms with Gasteiger partial charge < -0.3 is 9.84 Å². The number of rotatable bonds is 4. The Balaban J connectivity index is 2.08. The summed E-state index contributed by atoms with van der Waals surface area (Å²) in [6, 6.07) is 20.8. The lowest BCUT2D eigenvalue weighted by Gasteiger charge is -2.13. The highest BCUT2D eigenvalue weighted by molar-refractivity contribution is 5.89.